The van der Waals surface area contributed by atoms with E-state index in [9.17, 15) is 27.9 Å². The third-order valence-electron chi connectivity index (χ3n) is 6.51. The maximum absolute atomic E-state index is 13.1. The molecular formula is C29H25F3N4O4. The number of alkyl halides is 3. The molecule has 0 aliphatic heterocycles. The Kier molecular flexibility index (Phi) is 7.20. The van der Waals surface area contributed by atoms with E-state index in [1.807, 2.05) is 12.1 Å². The van der Waals surface area contributed by atoms with Crippen LogP contribution in [0.2, 0.25) is 0 Å². The van der Waals surface area contributed by atoms with E-state index in [4.69, 9.17) is 4.74 Å². The maximum atomic E-state index is 13.1. The zero-order chi connectivity index (χ0) is 28.4. The van der Waals surface area contributed by atoms with E-state index in [0.29, 0.717) is 17.1 Å². The van der Waals surface area contributed by atoms with Crippen LogP contribution in [0, 0.1) is 0 Å². The number of anilines is 1. The number of hydrogen-bond acceptors (Lipinski definition) is 5. The van der Waals surface area contributed by atoms with E-state index >= 15 is 0 Å². The molecule has 0 bridgehead atoms. The van der Waals surface area contributed by atoms with Gasteiger partial charge in [0.05, 0.1) is 24.1 Å². The third kappa shape index (κ3) is 5.93. The highest BCUT2D eigenvalue weighted by Gasteiger charge is 2.32. The maximum Gasteiger partial charge on any atom is 0.416 e. The monoisotopic (exact) mass is 550 g/mol. The number of halogens is 3. The van der Waals surface area contributed by atoms with Crippen LogP contribution in [-0.4, -0.2) is 33.9 Å². The topological polar surface area (TPSA) is 105 Å². The molecule has 1 fully saturated rings. The van der Waals surface area contributed by atoms with Gasteiger partial charge in [0, 0.05) is 29.3 Å². The molecule has 11 heteroatoms. The summed E-state index contributed by atoms with van der Waals surface area (Å²) in [5.74, 6) is -0.0256. The van der Waals surface area contributed by atoms with Gasteiger partial charge in [-0.15, -0.1) is 0 Å². The summed E-state index contributed by atoms with van der Waals surface area (Å²) in [5, 5.41) is 20.4. The standard InChI is InChI=1S/C29H25F3N4O4/c1-40-22-10-5-17(6-11-22)16-33-28(39)36-25(18-7-8-18)15-24(35-36)23-14-21(9-12-26(23)37)34-27(38)19-3-2-4-20(13-19)29(30,31)32/h2-6,9-15,18,37H,7-8,16H2,1H3,(H,33,39)(H,34,38). The van der Waals surface area contributed by atoms with Crippen LogP contribution in [0.3, 0.4) is 0 Å². The fourth-order valence-corrected chi connectivity index (χ4v) is 4.21. The molecule has 4 aromatic rings. The number of carbonyl (C=O) groups excluding carboxylic acids is 2. The van der Waals surface area contributed by atoms with E-state index in [2.05, 4.69) is 15.7 Å². The molecule has 0 atom stereocenters. The zero-order valence-electron chi connectivity index (χ0n) is 21.3. The first kappa shape index (κ1) is 26.8. The van der Waals surface area contributed by atoms with Crippen molar-refractivity contribution in [2.45, 2.75) is 31.5 Å². The molecule has 3 N–H and O–H groups in total. The molecule has 2 amide bonds. The quantitative estimate of drug-likeness (QED) is 0.239. The summed E-state index contributed by atoms with van der Waals surface area (Å²) < 4.78 is 45.6. The zero-order valence-corrected chi connectivity index (χ0v) is 21.3. The van der Waals surface area contributed by atoms with Crippen molar-refractivity contribution in [1.29, 1.82) is 0 Å². The van der Waals surface area contributed by atoms with Crippen LogP contribution in [0.4, 0.5) is 23.7 Å². The molecule has 0 spiro atoms. The Bertz CT molecular complexity index is 1560. The second-order valence-electron chi connectivity index (χ2n) is 9.41. The first-order chi connectivity index (χ1) is 19.1. The van der Waals surface area contributed by atoms with E-state index in [1.165, 1.54) is 28.9 Å². The predicted molar refractivity (Wildman–Crippen MR) is 141 cm³/mol. The highest BCUT2D eigenvalue weighted by Crippen LogP contribution is 2.42. The predicted octanol–water partition coefficient (Wildman–Crippen LogP) is 6.17. The number of nitrogens with zero attached hydrogens (tertiary/aromatic N) is 2. The van der Waals surface area contributed by atoms with Crippen molar-refractivity contribution in [2.24, 2.45) is 0 Å². The van der Waals surface area contributed by atoms with E-state index in [0.717, 1.165) is 36.6 Å². The number of amides is 2. The lowest BCUT2D eigenvalue weighted by Crippen LogP contribution is -2.30. The summed E-state index contributed by atoms with van der Waals surface area (Å²) in [5.41, 5.74) is 1.27. The SMILES string of the molecule is COc1ccc(CNC(=O)n2nc(-c3cc(NC(=O)c4cccc(C(F)(F)F)c4)ccc3O)cc2C2CC2)cc1. The molecule has 1 heterocycles. The molecule has 1 aliphatic carbocycles. The van der Waals surface area contributed by atoms with Crippen LogP contribution in [0.25, 0.3) is 11.3 Å². The minimum Gasteiger partial charge on any atom is -0.507 e. The lowest BCUT2D eigenvalue weighted by molar-refractivity contribution is -0.137. The van der Waals surface area contributed by atoms with Gasteiger partial charge in [0.25, 0.3) is 5.91 Å². The summed E-state index contributed by atoms with van der Waals surface area (Å²) in [6.45, 7) is 0.268. The fraction of sp³-hybridized carbons (Fsp3) is 0.207. The molecule has 0 saturated heterocycles. The Morgan fingerprint density at radius 2 is 1.80 bits per heavy atom. The van der Waals surface area contributed by atoms with Gasteiger partial charge < -0.3 is 20.5 Å². The van der Waals surface area contributed by atoms with Crippen LogP contribution >= 0.6 is 0 Å². The molecule has 0 radical (unpaired) electrons. The number of aromatic nitrogens is 2. The number of phenols is 1. The first-order valence-electron chi connectivity index (χ1n) is 12.5. The minimum absolute atomic E-state index is 0.136. The highest BCUT2D eigenvalue weighted by atomic mass is 19.4. The minimum atomic E-state index is -4.58. The van der Waals surface area contributed by atoms with Crippen molar-refractivity contribution in [2.75, 3.05) is 12.4 Å². The number of hydrogen-bond donors (Lipinski definition) is 3. The Morgan fingerprint density at radius 1 is 1.05 bits per heavy atom. The van der Waals surface area contributed by atoms with Crippen LogP contribution in [0.1, 0.15) is 45.9 Å². The van der Waals surface area contributed by atoms with Crippen molar-refractivity contribution in [1.82, 2.24) is 15.1 Å². The van der Waals surface area contributed by atoms with Crippen LogP contribution in [0.5, 0.6) is 11.5 Å². The number of nitrogens with one attached hydrogen (secondary N) is 2. The van der Waals surface area contributed by atoms with E-state index in [-0.39, 0.29) is 35.0 Å². The highest BCUT2D eigenvalue weighted by molar-refractivity contribution is 6.04. The number of rotatable bonds is 7. The second kappa shape index (κ2) is 10.8. The fourth-order valence-electron chi connectivity index (χ4n) is 4.21. The summed E-state index contributed by atoms with van der Waals surface area (Å²) in [4.78, 5) is 25.7. The molecule has 1 aromatic heterocycles. The summed E-state index contributed by atoms with van der Waals surface area (Å²) in [6, 6.07) is 16.9. The third-order valence-corrected chi connectivity index (χ3v) is 6.51. The average Bonchev–Trinajstić information content (AvgIpc) is 3.70. The van der Waals surface area contributed by atoms with Gasteiger partial charge in [-0.1, -0.05) is 18.2 Å². The number of methoxy groups -OCH3 is 1. The first-order valence-corrected chi connectivity index (χ1v) is 12.5. The van der Waals surface area contributed by atoms with Gasteiger partial charge in [-0.2, -0.15) is 23.0 Å². The summed E-state index contributed by atoms with van der Waals surface area (Å²) in [6.07, 6.45) is -2.78. The smallest absolute Gasteiger partial charge is 0.416 e. The van der Waals surface area contributed by atoms with Gasteiger partial charge in [-0.3, -0.25) is 4.79 Å². The average molecular weight is 551 g/mol. The van der Waals surface area contributed by atoms with Crippen LogP contribution in [0.15, 0.2) is 72.8 Å². The van der Waals surface area contributed by atoms with Gasteiger partial charge in [-0.25, -0.2) is 4.79 Å². The number of aromatic hydroxyl groups is 1. The molecule has 1 aliphatic rings. The molecule has 1 saturated carbocycles. The van der Waals surface area contributed by atoms with Crippen LogP contribution < -0.4 is 15.4 Å². The van der Waals surface area contributed by atoms with Gasteiger partial charge in [0.2, 0.25) is 0 Å². The number of phenolic OH excluding ortho intramolecular Hbond substituents is 1. The molecule has 206 valence electrons. The lowest BCUT2D eigenvalue weighted by atomic mass is 10.1. The van der Waals surface area contributed by atoms with Gasteiger partial charge in [0.15, 0.2) is 0 Å². The molecule has 3 aromatic carbocycles. The van der Waals surface area contributed by atoms with Crippen molar-refractivity contribution in [3.63, 3.8) is 0 Å². The molecule has 8 nitrogen and oxygen atoms in total. The van der Waals surface area contributed by atoms with Gasteiger partial charge in [-0.05, 0) is 73.0 Å². The molecule has 0 unspecified atom stereocenters. The Hall–Kier alpha value is -4.80. The summed E-state index contributed by atoms with van der Waals surface area (Å²) in [7, 11) is 1.57. The number of ether oxygens (including phenoxy) is 1. The Morgan fingerprint density at radius 3 is 2.48 bits per heavy atom. The lowest BCUT2D eigenvalue weighted by Gasteiger charge is -2.10. The van der Waals surface area contributed by atoms with Crippen LogP contribution in [-0.2, 0) is 12.7 Å². The van der Waals surface area contributed by atoms with Gasteiger partial charge in [0.1, 0.15) is 11.5 Å². The second-order valence-corrected chi connectivity index (χ2v) is 9.41. The Balaban J connectivity index is 1.36. The normalized spacial score (nSPS) is 13.1. The largest absolute Gasteiger partial charge is 0.507 e. The Labute approximate surface area is 227 Å². The van der Waals surface area contributed by atoms with Crippen molar-refractivity contribution in [3.05, 3.63) is 95.2 Å². The number of carbonyl (C=O) groups is 2. The van der Waals surface area contributed by atoms with E-state index in [1.54, 1.807) is 25.3 Å². The van der Waals surface area contributed by atoms with E-state index < -0.39 is 23.7 Å². The molecule has 5 rings (SSSR count). The van der Waals surface area contributed by atoms with Gasteiger partial charge >= 0.3 is 12.2 Å². The number of benzene rings is 3. The molecular weight excluding hydrogens is 525 g/mol. The van der Waals surface area contributed by atoms with Crippen molar-refractivity contribution < 1.29 is 32.6 Å². The van der Waals surface area contributed by atoms with Crippen molar-refractivity contribution in [3.8, 4) is 22.8 Å². The van der Waals surface area contributed by atoms with Crippen molar-refractivity contribution >= 4 is 17.6 Å². The molecule has 40 heavy (non-hydrogen) atoms. The summed E-state index contributed by atoms with van der Waals surface area (Å²) >= 11 is 0.